The second kappa shape index (κ2) is 10.8. The second-order valence-electron chi connectivity index (χ2n) is 7.10. The molecular weight excluding hydrogens is 352 g/mol. The van der Waals surface area contributed by atoms with E-state index in [0.29, 0.717) is 6.61 Å². The number of amides is 1. The zero-order valence-electron chi connectivity index (χ0n) is 15.6. The van der Waals surface area contributed by atoms with Gasteiger partial charge in [-0.3, -0.25) is 4.79 Å². The van der Waals surface area contributed by atoms with Crippen LogP contribution in [0.4, 0.5) is 0 Å². The summed E-state index contributed by atoms with van der Waals surface area (Å²) in [5.41, 5.74) is 0.748. The Morgan fingerprint density at radius 2 is 1.96 bits per heavy atom. The quantitative estimate of drug-likeness (QED) is 0.787. The highest BCUT2D eigenvalue weighted by Crippen LogP contribution is 2.22. The van der Waals surface area contributed by atoms with Gasteiger partial charge in [0.05, 0.1) is 6.10 Å². The van der Waals surface area contributed by atoms with Crippen molar-refractivity contribution in [2.45, 2.75) is 38.2 Å². The number of hydrogen-bond donors (Lipinski definition) is 1. The maximum absolute atomic E-state index is 12.7. The number of nitrogens with one attached hydrogen (secondary N) is 1. The van der Waals surface area contributed by atoms with Crippen LogP contribution < -0.4 is 10.1 Å². The number of hydrogen-bond acceptors (Lipinski definition) is 4. The number of piperidine rings is 1. The van der Waals surface area contributed by atoms with Gasteiger partial charge in [0, 0.05) is 25.3 Å². The van der Waals surface area contributed by atoms with E-state index in [4.69, 9.17) is 9.47 Å². The minimum Gasteiger partial charge on any atom is -0.491 e. The molecule has 0 radical (unpaired) electrons. The molecule has 26 heavy (non-hydrogen) atoms. The molecule has 0 bridgehead atoms. The summed E-state index contributed by atoms with van der Waals surface area (Å²) >= 11 is 0. The van der Waals surface area contributed by atoms with Gasteiger partial charge in [0.2, 0.25) is 0 Å². The van der Waals surface area contributed by atoms with Gasteiger partial charge in [-0.15, -0.1) is 12.4 Å². The number of ether oxygens (including phenoxy) is 2. The largest absolute Gasteiger partial charge is 0.491 e. The molecule has 2 heterocycles. The fourth-order valence-electron chi connectivity index (χ4n) is 3.61. The van der Waals surface area contributed by atoms with E-state index in [0.717, 1.165) is 69.2 Å². The number of benzene rings is 1. The zero-order valence-corrected chi connectivity index (χ0v) is 16.4. The molecule has 146 valence electrons. The van der Waals surface area contributed by atoms with Gasteiger partial charge in [-0.25, -0.2) is 0 Å². The minimum absolute atomic E-state index is 0. The van der Waals surface area contributed by atoms with E-state index < -0.39 is 0 Å². The van der Waals surface area contributed by atoms with Crippen molar-refractivity contribution >= 4 is 18.3 Å². The van der Waals surface area contributed by atoms with Gasteiger partial charge < -0.3 is 19.7 Å². The van der Waals surface area contributed by atoms with Gasteiger partial charge in [0.25, 0.3) is 5.91 Å². The molecule has 6 heteroatoms. The Balaban J connectivity index is 0.00000243. The van der Waals surface area contributed by atoms with E-state index in [9.17, 15) is 4.79 Å². The summed E-state index contributed by atoms with van der Waals surface area (Å²) in [6.45, 7) is 4.22. The normalized spacial score (nSPS) is 20.7. The first-order valence-electron chi connectivity index (χ1n) is 9.54. The van der Waals surface area contributed by atoms with E-state index in [1.54, 1.807) is 0 Å². The Hall–Kier alpha value is -1.30. The maximum atomic E-state index is 12.7. The molecule has 5 nitrogen and oxygen atoms in total. The summed E-state index contributed by atoms with van der Waals surface area (Å²) in [7, 11) is 1.99. The third-order valence-corrected chi connectivity index (χ3v) is 5.27. The number of carbonyl (C=O) groups excluding carboxylic acids is 1. The summed E-state index contributed by atoms with van der Waals surface area (Å²) < 4.78 is 11.3. The molecule has 2 saturated heterocycles. The molecule has 0 saturated carbocycles. The number of rotatable bonds is 7. The van der Waals surface area contributed by atoms with Crippen LogP contribution in [0.3, 0.4) is 0 Å². The molecule has 2 fully saturated rings. The average Bonchev–Trinajstić information content (AvgIpc) is 3.19. The van der Waals surface area contributed by atoms with Gasteiger partial charge in [-0.05, 0) is 75.9 Å². The molecule has 1 amide bonds. The molecule has 0 aliphatic carbocycles. The van der Waals surface area contributed by atoms with Crippen LogP contribution >= 0.6 is 12.4 Å². The van der Waals surface area contributed by atoms with Crippen LogP contribution in [0.1, 0.15) is 42.5 Å². The van der Waals surface area contributed by atoms with Gasteiger partial charge in [0.15, 0.2) is 0 Å². The number of halogens is 1. The molecule has 1 aromatic rings. The predicted molar refractivity (Wildman–Crippen MR) is 105 cm³/mol. The molecule has 3 rings (SSSR count). The Morgan fingerprint density at radius 1 is 1.23 bits per heavy atom. The molecule has 1 atom stereocenters. The lowest BCUT2D eigenvalue weighted by Crippen LogP contribution is -2.38. The van der Waals surface area contributed by atoms with E-state index in [2.05, 4.69) is 5.32 Å². The topological polar surface area (TPSA) is 50.8 Å². The standard InChI is InChI=1S/C20H30N2O3.ClH/c1-21-11-8-16-9-12-22(13-10-16)20(23)17-4-6-18(7-5-17)25-15-19-3-2-14-24-19;/h4-7,16,19,21H,2-3,8-15H2,1H3;1H. The van der Waals surface area contributed by atoms with Crippen LogP contribution in [-0.4, -0.2) is 56.8 Å². The summed E-state index contributed by atoms with van der Waals surface area (Å²) in [5.74, 6) is 1.68. The van der Waals surface area contributed by atoms with Crippen molar-refractivity contribution in [3.8, 4) is 5.75 Å². The smallest absolute Gasteiger partial charge is 0.253 e. The molecule has 0 spiro atoms. The van der Waals surface area contributed by atoms with Crippen molar-refractivity contribution in [3.63, 3.8) is 0 Å². The van der Waals surface area contributed by atoms with Gasteiger partial charge >= 0.3 is 0 Å². The Morgan fingerprint density at radius 3 is 2.58 bits per heavy atom. The summed E-state index contributed by atoms with van der Waals surface area (Å²) in [6.07, 6.45) is 5.82. The van der Waals surface area contributed by atoms with Crippen LogP contribution in [-0.2, 0) is 4.74 Å². The van der Waals surface area contributed by atoms with E-state index in [1.165, 1.54) is 6.42 Å². The van der Waals surface area contributed by atoms with Crippen LogP contribution in [0, 0.1) is 5.92 Å². The van der Waals surface area contributed by atoms with Crippen LogP contribution in [0.2, 0.25) is 0 Å². The van der Waals surface area contributed by atoms with Crippen LogP contribution in [0.5, 0.6) is 5.75 Å². The zero-order chi connectivity index (χ0) is 17.5. The lowest BCUT2D eigenvalue weighted by atomic mass is 9.93. The SMILES string of the molecule is CNCCC1CCN(C(=O)c2ccc(OCC3CCCO3)cc2)CC1.Cl. The molecule has 2 aliphatic rings. The van der Waals surface area contributed by atoms with Crippen molar-refractivity contribution in [1.29, 1.82) is 0 Å². The maximum Gasteiger partial charge on any atom is 0.253 e. The lowest BCUT2D eigenvalue weighted by molar-refractivity contribution is 0.0673. The fraction of sp³-hybridized carbons (Fsp3) is 0.650. The number of likely N-dealkylation sites (tertiary alicyclic amines) is 1. The van der Waals surface area contributed by atoms with Crippen LogP contribution in [0.25, 0.3) is 0 Å². The molecule has 1 aromatic carbocycles. The highest BCUT2D eigenvalue weighted by atomic mass is 35.5. The monoisotopic (exact) mass is 382 g/mol. The van der Waals surface area contributed by atoms with E-state index in [1.807, 2.05) is 36.2 Å². The fourth-order valence-corrected chi connectivity index (χ4v) is 3.61. The molecule has 0 aromatic heterocycles. The first kappa shape index (κ1) is 21.0. The third-order valence-electron chi connectivity index (χ3n) is 5.27. The van der Waals surface area contributed by atoms with Crippen molar-refractivity contribution in [1.82, 2.24) is 10.2 Å². The van der Waals surface area contributed by atoms with Crippen molar-refractivity contribution < 1.29 is 14.3 Å². The number of carbonyl (C=O) groups is 1. The molecule has 1 unspecified atom stereocenters. The third kappa shape index (κ3) is 5.86. The van der Waals surface area contributed by atoms with Gasteiger partial charge in [-0.2, -0.15) is 0 Å². The Labute approximate surface area is 162 Å². The Kier molecular flexibility index (Phi) is 8.69. The predicted octanol–water partition coefficient (Wildman–Crippen LogP) is 3.13. The summed E-state index contributed by atoms with van der Waals surface area (Å²) in [6, 6.07) is 7.53. The highest BCUT2D eigenvalue weighted by molar-refractivity contribution is 5.94. The van der Waals surface area contributed by atoms with Crippen molar-refractivity contribution in [3.05, 3.63) is 29.8 Å². The highest BCUT2D eigenvalue weighted by Gasteiger charge is 2.23. The lowest BCUT2D eigenvalue weighted by Gasteiger charge is -2.32. The van der Waals surface area contributed by atoms with E-state index in [-0.39, 0.29) is 24.4 Å². The number of nitrogens with zero attached hydrogens (tertiary/aromatic N) is 1. The molecular formula is C20H31ClN2O3. The summed E-state index contributed by atoms with van der Waals surface area (Å²) in [4.78, 5) is 14.6. The molecule has 1 N–H and O–H groups in total. The van der Waals surface area contributed by atoms with Gasteiger partial charge in [-0.1, -0.05) is 0 Å². The first-order chi connectivity index (χ1) is 12.3. The minimum atomic E-state index is 0. The second-order valence-corrected chi connectivity index (χ2v) is 7.10. The van der Waals surface area contributed by atoms with E-state index >= 15 is 0 Å². The Bertz CT molecular complexity index is 538. The summed E-state index contributed by atoms with van der Waals surface area (Å²) in [5, 5.41) is 3.21. The average molecular weight is 383 g/mol. The first-order valence-corrected chi connectivity index (χ1v) is 9.54. The molecule has 2 aliphatic heterocycles. The van der Waals surface area contributed by atoms with Crippen molar-refractivity contribution in [2.24, 2.45) is 5.92 Å². The van der Waals surface area contributed by atoms with Crippen LogP contribution in [0.15, 0.2) is 24.3 Å². The van der Waals surface area contributed by atoms with Gasteiger partial charge in [0.1, 0.15) is 12.4 Å². The van der Waals surface area contributed by atoms with Crippen molar-refractivity contribution in [2.75, 3.05) is 39.9 Å².